The molecule has 4 rings (SSSR count). The van der Waals surface area contributed by atoms with E-state index >= 15 is 0 Å². The van der Waals surface area contributed by atoms with Crippen LogP contribution < -0.4 is 11.1 Å². The molecule has 0 aliphatic heterocycles. The molecule has 2 heterocycles. The van der Waals surface area contributed by atoms with Gasteiger partial charge >= 0.3 is 0 Å². The normalized spacial score (nSPS) is 11.0. The molecule has 0 unspecified atom stereocenters. The second kappa shape index (κ2) is 6.60. The molecule has 0 aliphatic carbocycles. The number of rotatable bonds is 4. The van der Waals surface area contributed by atoms with E-state index in [9.17, 15) is 4.79 Å². The van der Waals surface area contributed by atoms with E-state index in [0.717, 1.165) is 28.0 Å². The summed E-state index contributed by atoms with van der Waals surface area (Å²) in [5.74, 6) is 0.999. The molecule has 4 N–H and O–H groups in total. The lowest BCUT2D eigenvalue weighted by atomic mass is 10.1. The van der Waals surface area contributed by atoms with Gasteiger partial charge in [0, 0.05) is 13.6 Å². The minimum atomic E-state index is -0.254. The van der Waals surface area contributed by atoms with Gasteiger partial charge in [0.15, 0.2) is 5.82 Å². The van der Waals surface area contributed by atoms with Crippen LogP contribution in [0.5, 0.6) is 0 Å². The van der Waals surface area contributed by atoms with E-state index in [0.29, 0.717) is 23.6 Å². The zero-order valence-electron chi connectivity index (χ0n) is 15.2. The fourth-order valence-corrected chi connectivity index (χ4v) is 3.16. The fourth-order valence-electron chi connectivity index (χ4n) is 3.16. The number of fused-ring (bicyclic) bond motifs is 1. The highest BCUT2D eigenvalue weighted by Crippen LogP contribution is 2.27. The number of benzene rings is 2. The van der Waals surface area contributed by atoms with Crippen molar-refractivity contribution >= 4 is 22.8 Å². The number of hydrogen-bond donors (Lipinski definition) is 3. The predicted molar refractivity (Wildman–Crippen MR) is 105 cm³/mol. The van der Waals surface area contributed by atoms with Crippen LogP contribution in [0.25, 0.3) is 22.2 Å². The average Bonchev–Trinajstić information content (AvgIpc) is 3.20. The number of anilines is 1. The maximum atomic E-state index is 12.7. The second-order valence-electron chi connectivity index (χ2n) is 6.45. The highest BCUT2D eigenvalue weighted by atomic mass is 16.1. The molecule has 0 radical (unpaired) electrons. The monoisotopic (exact) mass is 360 g/mol. The van der Waals surface area contributed by atoms with Crippen molar-refractivity contribution in [1.82, 2.24) is 25.1 Å². The molecule has 1 amide bonds. The van der Waals surface area contributed by atoms with E-state index in [4.69, 9.17) is 5.73 Å². The molecular formula is C20H20N6O. The van der Waals surface area contributed by atoms with Gasteiger partial charge in [-0.1, -0.05) is 36.4 Å². The van der Waals surface area contributed by atoms with E-state index < -0.39 is 0 Å². The number of nitrogens with zero attached hydrogens (tertiary/aromatic N) is 3. The number of nitrogen functional groups attached to an aromatic ring is 1. The molecular weight excluding hydrogens is 340 g/mol. The Bertz CT molecular complexity index is 1130. The molecule has 136 valence electrons. The molecule has 0 atom stereocenters. The summed E-state index contributed by atoms with van der Waals surface area (Å²) >= 11 is 0. The molecule has 0 aliphatic rings. The molecule has 27 heavy (non-hydrogen) atoms. The van der Waals surface area contributed by atoms with Crippen LogP contribution in [0.4, 0.5) is 5.82 Å². The van der Waals surface area contributed by atoms with Crippen molar-refractivity contribution in [2.45, 2.75) is 13.5 Å². The molecule has 7 nitrogen and oxygen atoms in total. The second-order valence-corrected chi connectivity index (χ2v) is 6.45. The third-order valence-electron chi connectivity index (χ3n) is 4.71. The highest BCUT2D eigenvalue weighted by molar-refractivity contribution is 6.01. The van der Waals surface area contributed by atoms with Crippen molar-refractivity contribution in [3.63, 3.8) is 0 Å². The van der Waals surface area contributed by atoms with Gasteiger partial charge < -0.3 is 15.6 Å². The zero-order chi connectivity index (χ0) is 19.0. The minimum absolute atomic E-state index is 0.254. The number of aryl methyl sites for hydroxylation is 2. The topological polar surface area (TPSA) is 102 Å². The number of H-pyrrole nitrogens is 1. The van der Waals surface area contributed by atoms with E-state index in [-0.39, 0.29) is 5.91 Å². The molecule has 0 bridgehead atoms. The van der Waals surface area contributed by atoms with Gasteiger partial charge in [-0.3, -0.25) is 9.89 Å². The molecule has 0 saturated carbocycles. The number of aromatic amines is 1. The van der Waals surface area contributed by atoms with Gasteiger partial charge in [0.25, 0.3) is 5.91 Å². The number of aromatic nitrogens is 4. The van der Waals surface area contributed by atoms with Gasteiger partial charge in [-0.05, 0) is 30.2 Å². The first-order chi connectivity index (χ1) is 13.0. The molecule has 0 spiro atoms. The SMILES string of the molecule is Cc1nc2cc(CNC(=O)c3[nH]nc(N)c3-c3ccccc3)ccc2n1C. The van der Waals surface area contributed by atoms with Gasteiger partial charge in [0.05, 0.1) is 16.6 Å². The Kier molecular flexibility index (Phi) is 4.12. The summed E-state index contributed by atoms with van der Waals surface area (Å²) in [6, 6.07) is 15.5. The molecule has 0 saturated heterocycles. The van der Waals surface area contributed by atoms with Gasteiger partial charge in [0.1, 0.15) is 11.5 Å². The molecule has 7 heteroatoms. The lowest BCUT2D eigenvalue weighted by molar-refractivity contribution is 0.0946. The predicted octanol–water partition coefficient (Wildman–Crippen LogP) is 2.78. The van der Waals surface area contributed by atoms with E-state index in [1.165, 1.54) is 0 Å². The average molecular weight is 360 g/mol. The van der Waals surface area contributed by atoms with Crippen molar-refractivity contribution in [3.05, 3.63) is 65.6 Å². The zero-order valence-corrected chi connectivity index (χ0v) is 15.2. The smallest absolute Gasteiger partial charge is 0.270 e. The Labute approximate surface area is 156 Å². The summed E-state index contributed by atoms with van der Waals surface area (Å²) < 4.78 is 2.04. The lowest BCUT2D eigenvalue weighted by Crippen LogP contribution is -2.23. The Hall–Kier alpha value is -3.61. The van der Waals surface area contributed by atoms with Crippen LogP contribution in [0.2, 0.25) is 0 Å². The van der Waals surface area contributed by atoms with Gasteiger partial charge in [0.2, 0.25) is 0 Å². The third kappa shape index (κ3) is 3.03. The number of carbonyl (C=O) groups is 1. The van der Waals surface area contributed by atoms with Crippen LogP contribution in [0, 0.1) is 6.92 Å². The quantitative estimate of drug-likeness (QED) is 0.521. The van der Waals surface area contributed by atoms with Gasteiger partial charge in [-0.2, -0.15) is 5.10 Å². The first-order valence-electron chi connectivity index (χ1n) is 8.64. The number of amides is 1. The maximum Gasteiger partial charge on any atom is 0.270 e. The van der Waals surface area contributed by atoms with Crippen molar-refractivity contribution < 1.29 is 4.79 Å². The van der Waals surface area contributed by atoms with Crippen LogP contribution in [-0.2, 0) is 13.6 Å². The molecule has 2 aromatic heterocycles. The van der Waals surface area contributed by atoms with Crippen LogP contribution in [-0.4, -0.2) is 25.7 Å². The van der Waals surface area contributed by atoms with Crippen molar-refractivity contribution in [2.75, 3.05) is 5.73 Å². The Morgan fingerprint density at radius 2 is 2.00 bits per heavy atom. The largest absolute Gasteiger partial charge is 0.382 e. The van der Waals surface area contributed by atoms with Gasteiger partial charge in [-0.25, -0.2) is 4.98 Å². The summed E-state index contributed by atoms with van der Waals surface area (Å²) in [5.41, 5.74) is 10.7. The van der Waals surface area contributed by atoms with E-state index in [2.05, 4.69) is 20.5 Å². The maximum absolute atomic E-state index is 12.7. The van der Waals surface area contributed by atoms with Crippen LogP contribution >= 0.6 is 0 Å². The Balaban J connectivity index is 1.55. The standard InChI is InChI=1S/C20H20N6O/c1-12-23-15-10-13(8-9-16(15)26(12)2)11-22-20(27)18-17(19(21)25-24-18)14-6-4-3-5-7-14/h3-10H,11H2,1-2H3,(H,22,27)(H3,21,24,25). The fraction of sp³-hybridized carbons (Fsp3) is 0.150. The summed E-state index contributed by atoms with van der Waals surface area (Å²) in [4.78, 5) is 17.2. The first-order valence-corrected chi connectivity index (χ1v) is 8.64. The summed E-state index contributed by atoms with van der Waals surface area (Å²) in [5, 5.41) is 9.67. The van der Waals surface area contributed by atoms with Crippen molar-refractivity contribution in [1.29, 1.82) is 0 Å². The summed E-state index contributed by atoms with van der Waals surface area (Å²) in [7, 11) is 1.99. The number of nitrogens with two attached hydrogens (primary N) is 1. The first kappa shape index (κ1) is 16.8. The van der Waals surface area contributed by atoms with E-state index in [1.54, 1.807) is 0 Å². The van der Waals surface area contributed by atoms with Crippen LogP contribution in [0.3, 0.4) is 0 Å². The number of hydrogen-bond acceptors (Lipinski definition) is 4. The Morgan fingerprint density at radius 3 is 2.78 bits per heavy atom. The summed E-state index contributed by atoms with van der Waals surface area (Å²) in [6.45, 7) is 2.35. The van der Waals surface area contributed by atoms with Crippen LogP contribution in [0.1, 0.15) is 21.9 Å². The van der Waals surface area contributed by atoms with E-state index in [1.807, 2.05) is 67.1 Å². The van der Waals surface area contributed by atoms with Gasteiger partial charge in [-0.15, -0.1) is 0 Å². The van der Waals surface area contributed by atoms with Crippen LogP contribution in [0.15, 0.2) is 48.5 Å². The highest BCUT2D eigenvalue weighted by Gasteiger charge is 2.19. The summed E-state index contributed by atoms with van der Waals surface area (Å²) in [6.07, 6.45) is 0. The number of nitrogens with one attached hydrogen (secondary N) is 2. The molecule has 0 fully saturated rings. The molecule has 4 aromatic rings. The minimum Gasteiger partial charge on any atom is -0.382 e. The van der Waals surface area contributed by atoms with Crippen molar-refractivity contribution in [3.8, 4) is 11.1 Å². The molecule has 2 aromatic carbocycles. The third-order valence-corrected chi connectivity index (χ3v) is 4.71. The lowest BCUT2D eigenvalue weighted by Gasteiger charge is -2.07. The Morgan fingerprint density at radius 1 is 1.22 bits per heavy atom. The van der Waals surface area contributed by atoms with Crippen molar-refractivity contribution in [2.24, 2.45) is 7.05 Å². The number of imidazole rings is 1. The number of carbonyl (C=O) groups excluding carboxylic acids is 1.